The summed E-state index contributed by atoms with van der Waals surface area (Å²) in [6.45, 7) is 2.55. The van der Waals surface area contributed by atoms with E-state index in [0.29, 0.717) is 13.0 Å². The monoisotopic (exact) mass is 285 g/mol. The van der Waals surface area contributed by atoms with Gasteiger partial charge in [0.25, 0.3) is 0 Å². The minimum atomic E-state index is -0.305. The first-order valence-electron chi connectivity index (χ1n) is 7.27. The van der Waals surface area contributed by atoms with Crippen molar-refractivity contribution in [2.24, 2.45) is 0 Å². The molecule has 0 aliphatic carbocycles. The van der Waals surface area contributed by atoms with Gasteiger partial charge in [-0.05, 0) is 24.1 Å². The fourth-order valence-electron chi connectivity index (χ4n) is 2.23. The van der Waals surface area contributed by atoms with Crippen LogP contribution in [-0.2, 0) is 0 Å². The third-order valence-electron chi connectivity index (χ3n) is 3.46. The molecular weight excluding hydrogens is 262 g/mol. The average molecular weight is 285 g/mol. The van der Waals surface area contributed by atoms with E-state index in [2.05, 4.69) is 0 Å². The van der Waals surface area contributed by atoms with Gasteiger partial charge in [-0.2, -0.15) is 0 Å². The van der Waals surface area contributed by atoms with Gasteiger partial charge < -0.3 is 14.6 Å². The highest BCUT2D eigenvalue weighted by Gasteiger charge is 2.17. The van der Waals surface area contributed by atoms with Gasteiger partial charge in [-0.15, -0.1) is 0 Å². The van der Waals surface area contributed by atoms with E-state index >= 15 is 0 Å². The van der Waals surface area contributed by atoms with Crippen LogP contribution in [0.15, 0.2) is 54.6 Å². The van der Waals surface area contributed by atoms with E-state index in [1.54, 1.807) is 14.1 Å². The highest BCUT2D eigenvalue weighted by molar-refractivity contribution is 5.33. The number of quaternary nitrogens is 1. The molecule has 2 aromatic carbocycles. The number of hydroxylamine groups is 3. The molecule has 0 N–H and O–H groups in total. The SMILES string of the molecule is Cc1ccccc1O[C@H](CC[N+](C)(C)[O-])c1ccccc1. The van der Waals surface area contributed by atoms with Crippen LogP contribution >= 0.6 is 0 Å². The molecule has 0 amide bonds. The second-order valence-corrected chi connectivity index (χ2v) is 5.87. The van der Waals surface area contributed by atoms with Crippen molar-refractivity contribution in [1.29, 1.82) is 0 Å². The van der Waals surface area contributed by atoms with E-state index < -0.39 is 0 Å². The van der Waals surface area contributed by atoms with Gasteiger partial charge >= 0.3 is 0 Å². The molecule has 0 spiro atoms. The number of hydrogen-bond donors (Lipinski definition) is 0. The number of para-hydroxylation sites is 1. The number of rotatable bonds is 6. The molecule has 0 aliphatic heterocycles. The van der Waals surface area contributed by atoms with E-state index in [-0.39, 0.29) is 10.8 Å². The van der Waals surface area contributed by atoms with Gasteiger partial charge in [0.15, 0.2) is 0 Å². The molecular formula is C18H23NO2. The lowest BCUT2D eigenvalue weighted by Gasteiger charge is -2.35. The number of benzene rings is 2. The van der Waals surface area contributed by atoms with Gasteiger partial charge in [0.05, 0.1) is 20.6 Å². The van der Waals surface area contributed by atoms with E-state index in [1.807, 2.05) is 61.5 Å². The number of nitrogens with zero attached hydrogens (tertiary/aromatic N) is 1. The van der Waals surface area contributed by atoms with Crippen molar-refractivity contribution >= 4 is 0 Å². The van der Waals surface area contributed by atoms with Crippen molar-refractivity contribution in [1.82, 2.24) is 0 Å². The van der Waals surface area contributed by atoms with Gasteiger partial charge in [0.1, 0.15) is 11.9 Å². The predicted molar refractivity (Wildman–Crippen MR) is 85.9 cm³/mol. The Hall–Kier alpha value is -1.84. The van der Waals surface area contributed by atoms with Crippen LogP contribution in [-0.4, -0.2) is 25.3 Å². The molecule has 0 bridgehead atoms. The Morgan fingerprint density at radius 1 is 1.00 bits per heavy atom. The molecule has 0 heterocycles. The lowest BCUT2D eigenvalue weighted by molar-refractivity contribution is -0.840. The first kappa shape index (κ1) is 15.5. The zero-order valence-electron chi connectivity index (χ0n) is 13.0. The summed E-state index contributed by atoms with van der Waals surface area (Å²) in [5.74, 6) is 0.877. The maximum atomic E-state index is 11.8. The van der Waals surface area contributed by atoms with Gasteiger partial charge in [-0.1, -0.05) is 48.5 Å². The zero-order valence-corrected chi connectivity index (χ0v) is 13.0. The van der Waals surface area contributed by atoms with Crippen LogP contribution in [0.4, 0.5) is 0 Å². The van der Waals surface area contributed by atoms with Crippen LogP contribution < -0.4 is 4.74 Å². The highest BCUT2D eigenvalue weighted by atomic mass is 16.5. The minimum absolute atomic E-state index is 0.0985. The standard InChI is InChI=1S/C18H23NO2/c1-15-9-7-8-12-17(15)21-18(13-14-19(2,3)20)16-10-5-4-6-11-16/h4-12,18H,13-14H2,1-3H3/t18-/m1/s1. The topological polar surface area (TPSA) is 32.3 Å². The van der Waals surface area contributed by atoms with Gasteiger partial charge in [0.2, 0.25) is 0 Å². The number of hydrogen-bond acceptors (Lipinski definition) is 2. The Kier molecular flexibility index (Phi) is 4.99. The summed E-state index contributed by atoms with van der Waals surface area (Å²) in [6.07, 6.45) is 0.591. The molecule has 0 radical (unpaired) electrons. The average Bonchev–Trinajstić information content (AvgIpc) is 2.45. The Bertz CT molecular complexity index is 561. The van der Waals surface area contributed by atoms with Crippen LogP contribution in [0.2, 0.25) is 0 Å². The Labute approximate surface area is 127 Å². The molecule has 0 saturated heterocycles. The van der Waals surface area contributed by atoms with Gasteiger partial charge in [-0.3, -0.25) is 0 Å². The second kappa shape index (κ2) is 6.74. The maximum absolute atomic E-state index is 11.8. The second-order valence-electron chi connectivity index (χ2n) is 5.87. The molecule has 2 aromatic rings. The summed E-state index contributed by atoms with van der Waals surface area (Å²) in [7, 11) is 3.33. The van der Waals surface area contributed by atoms with Crippen LogP contribution in [0.1, 0.15) is 23.7 Å². The largest absolute Gasteiger partial charge is 0.633 e. The van der Waals surface area contributed by atoms with Crippen molar-refractivity contribution in [3.63, 3.8) is 0 Å². The van der Waals surface area contributed by atoms with Crippen LogP contribution in [0.25, 0.3) is 0 Å². The lowest BCUT2D eigenvalue weighted by atomic mass is 10.1. The molecule has 2 rings (SSSR count). The van der Waals surface area contributed by atoms with Crippen LogP contribution in [0.5, 0.6) is 5.75 Å². The fraction of sp³-hybridized carbons (Fsp3) is 0.333. The fourth-order valence-corrected chi connectivity index (χ4v) is 2.23. The summed E-state index contributed by atoms with van der Waals surface area (Å²) >= 11 is 0. The number of ether oxygens (including phenoxy) is 1. The molecule has 0 fully saturated rings. The third-order valence-corrected chi connectivity index (χ3v) is 3.46. The minimum Gasteiger partial charge on any atom is -0.633 e. The first-order valence-corrected chi connectivity index (χ1v) is 7.27. The summed E-state index contributed by atoms with van der Waals surface area (Å²) in [6, 6.07) is 18.1. The quantitative estimate of drug-likeness (QED) is 0.591. The van der Waals surface area contributed by atoms with Crippen molar-refractivity contribution in [3.05, 3.63) is 70.9 Å². The number of aryl methyl sites for hydroxylation is 1. The molecule has 0 saturated carbocycles. The van der Waals surface area contributed by atoms with Crippen LogP contribution in [0.3, 0.4) is 0 Å². The van der Waals surface area contributed by atoms with E-state index in [9.17, 15) is 5.21 Å². The predicted octanol–water partition coefficient (Wildman–Crippen LogP) is 4.08. The van der Waals surface area contributed by atoms with E-state index in [1.165, 1.54) is 0 Å². The molecule has 1 atom stereocenters. The molecule has 3 heteroatoms. The highest BCUT2D eigenvalue weighted by Crippen LogP contribution is 2.27. The normalized spacial score (nSPS) is 13.0. The third kappa shape index (κ3) is 4.88. The lowest BCUT2D eigenvalue weighted by Crippen LogP contribution is -2.34. The van der Waals surface area contributed by atoms with Crippen molar-refractivity contribution < 1.29 is 9.38 Å². The zero-order chi connectivity index (χ0) is 15.3. The maximum Gasteiger partial charge on any atom is 0.129 e. The van der Waals surface area contributed by atoms with Crippen molar-refractivity contribution in [3.8, 4) is 5.75 Å². The molecule has 3 nitrogen and oxygen atoms in total. The molecule has 0 aromatic heterocycles. The molecule has 112 valence electrons. The Balaban J connectivity index is 2.18. The molecule has 0 unspecified atom stereocenters. The first-order chi connectivity index (χ1) is 9.96. The van der Waals surface area contributed by atoms with Gasteiger partial charge in [-0.25, -0.2) is 0 Å². The van der Waals surface area contributed by atoms with Crippen molar-refractivity contribution in [2.75, 3.05) is 20.6 Å². The van der Waals surface area contributed by atoms with Crippen LogP contribution in [0, 0.1) is 12.1 Å². The summed E-state index contributed by atoms with van der Waals surface area (Å²) in [5, 5.41) is 11.8. The summed E-state index contributed by atoms with van der Waals surface area (Å²) < 4.78 is 5.87. The Morgan fingerprint density at radius 3 is 2.24 bits per heavy atom. The smallest absolute Gasteiger partial charge is 0.129 e. The van der Waals surface area contributed by atoms with E-state index in [4.69, 9.17) is 4.74 Å². The molecule has 21 heavy (non-hydrogen) atoms. The summed E-state index contributed by atoms with van der Waals surface area (Å²) in [5.41, 5.74) is 2.21. The molecule has 0 aliphatic rings. The Morgan fingerprint density at radius 2 is 1.62 bits per heavy atom. The van der Waals surface area contributed by atoms with Crippen molar-refractivity contribution in [2.45, 2.75) is 19.4 Å². The van der Waals surface area contributed by atoms with Gasteiger partial charge in [0, 0.05) is 6.42 Å². The van der Waals surface area contributed by atoms with E-state index in [0.717, 1.165) is 16.9 Å². The summed E-state index contributed by atoms with van der Waals surface area (Å²) in [4.78, 5) is 0.